The largest absolute Gasteiger partial charge is 0.321 e. The molecule has 0 radical (unpaired) electrons. The van der Waals surface area contributed by atoms with Crippen LogP contribution in [0.2, 0.25) is 0 Å². The van der Waals surface area contributed by atoms with Crippen LogP contribution in [-0.2, 0) is 0 Å². The molecule has 0 bridgehead atoms. The molecule has 1 amide bonds. The van der Waals surface area contributed by atoms with Crippen molar-refractivity contribution in [1.29, 1.82) is 0 Å². The predicted octanol–water partition coefficient (Wildman–Crippen LogP) is 3.31. The SMILES string of the molecule is O=C(Nc1ccc(-n2ccnc2)cc1)c1cncn1-c1ccccc1. The Morgan fingerprint density at radius 3 is 2.40 bits per heavy atom. The normalized spacial score (nSPS) is 10.6. The summed E-state index contributed by atoms with van der Waals surface area (Å²) in [4.78, 5) is 20.7. The van der Waals surface area contributed by atoms with Crippen LogP contribution < -0.4 is 5.32 Å². The number of rotatable bonds is 4. The highest BCUT2D eigenvalue weighted by atomic mass is 16.2. The number of para-hydroxylation sites is 1. The van der Waals surface area contributed by atoms with Gasteiger partial charge < -0.3 is 9.88 Å². The molecule has 2 aromatic heterocycles. The fourth-order valence-corrected chi connectivity index (χ4v) is 2.58. The smallest absolute Gasteiger partial charge is 0.274 e. The van der Waals surface area contributed by atoms with E-state index < -0.39 is 0 Å². The third kappa shape index (κ3) is 3.05. The summed E-state index contributed by atoms with van der Waals surface area (Å²) in [7, 11) is 0. The van der Waals surface area contributed by atoms with Gasteiger partial charge in [0.05, 0.1) is 18.9 Å². The van der Waals surface area contributed by atoms with E-state index in [0.29, 0.717) is 5.69 Å². The van der Waals surface area contributed by atoms with E-state index >= 15 is 0 Å². The number of carbonyl (C=O) groups excluding carboxylic acids is 1. The molecule has 6 nitrogen and oxygen atoms in total. The Morgan fingerprint density at radius 2 is 1.68 bits per heavy atom. The lowest BCUT2D eigenvalue weighted by Gasteiger charge is -2.09. The summed E-state index contributed by atoms with van der Waals surface area (Å²) in [5.74, 6) is -0.211. The van der Waals surface area contributed by atoms with E-state index in [1.165, 1.54) is 0 Å². The van der Waals surface area contributed by atoms with E-state index in [1.807, 2.05) is 65.4 Å². The second kappa shape index (κ2) is 6.45. The zero-order valence-electron chi connectivity index (χ0n) is 13.3. The lowest BCUT2D eigenvalue weighted by molar-refractivity contribution is 0.102. The Bertz CT molecular complexity index is 972. The summed E-state index contributed by atoms with van der Waals surface area (Å²) in [6.07, 6.45) is 8.51. The summed E-state index contributed by atoms with van der Waals surface area (Å²) in [6, 6.07) is 17.2. The lowest BCUT2D eigenvalue weighted by atomic mass is 10.2. The van der Waals surface area contributed by atoms with E-state index in [1.54, 1.807) is 29.6 Å². The van der Waals surface area contributed by atoms with Gasteiger partial charge in [-0.25, -0.2) is 9.97 Å². The fourth-order valence-electron chi connectivity index (χ4n) is 2.58. The highest BCUT2D eigenvalue weighted by Gasteiger charge is 2.13. The van der Waals surface area contributed by atoms with E-state index in [4.69, 9.17) is 0 Å². The van der Waals surface area contributed by atoms with Gasteiger partial charge in [-0.2, -0.15) is 0 Å². The Hall–Kier alpha value is -3.67. The molecule has 0 fully saturated rings. The Labute approximate surface area is 144 Å². The molecule has 1 N–H and O–H groups in total. The highest BCUT2D eigenvalue weighted by Crippen LogP contribution is 2.16. The van der Waals surface area contributed by atoms with Gasteiger partial charge in [-0.3, -0.25) is 9.36 Å². The van der Waals surface area contributed by atoms with Gasteiger partial charge >= 0.3 is 0 Å². The van der Waals surface area contributed by atoms with Gasteiger partial charge in [-0.05, 0) is 36.4 Å². The number of amides is 1. The molecule has 0 unspecified atom stereocenters. The quantitative estimate of drug-likeness (QED) is 0.625. The molecule has 2 heterocycles. The molecule has 4 rings (SSSR count). The van der Waals surface area contributed by atoms with E-state index in [2.05, 4.69) is 15.3 Å². The van der Waals surface area contributed by atoms with Crippen molar-refractivity contribution in [3.63, 3.8) is 0 Å². The standard InChI is InChI=1S/C19H15N5O/c25-19(18-12-21-14-24(18)17-4-2-1-3-5-17)22-15-6-8-16(9-7-15)23-11-10-20-13-23/h1-14H,(H,22,25). The Kier molecular flexibility index (Phi) is 3.84. The van der Waals surface area contributed by atoms with Gasteiger partial charge in [-0.1, -0.05) is 18.2 Å². The maximum Gasteiger partial charge on any atom is 0.274 e. The van der Waals surface area contributed by atoms with Crippen molar-refractivity contribution in [3.05, 3.63) is 91.5 Å². The van der Waals surface area contributed by atoms with E-state index in [0.717, 1.165) is 17.1 Å². The monoisotopic (exact) mass is 329 g/mol. The van der Waals surface area contributed by atoms with Crippen LogP contribution in [0.15, 0.2) is 85.8 Å². The number of hydrogen-bond donors (Lipinski definition) is 1. The van der Waals surface area contributed by atoms with Crippen molar-refractivity contribution in [1.82, 2.24) is 19.1 Å². The van der Waals surface area contributed by atoms with Crippen LogP contribution in [0.4, 0.5) is 5.69 Å². The molecule has 0 spiro atoms. The zero-order valence-corrected chi connectivity index (χ0v) is 13.3. The van der Waals surface area contributed by atoms with Crippen molar-refractivity contribution in [2.24, 2.45) is 0 Å². The first-order valence-corrected chi connectivity index (χ1v) is 7.79. The molecule has 0 aliphatic rings. The number of benzene rings is 2. The number of anilines is 1. The summed E-state index contributed by atoms with van der Waals surface area (Å²) in [6.45, 7) is 0. The van der Waals surface area contributed by atoms with Crippen molar-refractivity contribution in [2.75, 3.05) is 5.32 Å². The maximum atomic E-state index is 12.6. The van der Waals surface area contributed by atoms with Crippen molar-refractivity contribution in [2.45, 2.75) is 0 Å². The number of imidazole rings is 2. The van der Waals surface area contributed by atoms with E-state index in [9.17, 15) is 4.79 Å². The predicted molar refractivity (Wildman–Crippen MR) is 95.1 cm³/mol. The second-order valence-corrected chi connectivity index (χ2v) is 5.46. The first kappa shape index (κ1) is 14.9. The third-order valence-electron chi connectivity index (χ3n) is 3.83. The van der Waals surface area contributed by atoms with Crippen molar-refractivity contribution >= 4 is 11.6 Å². The topological polar surface area (TPSA) is 64.7 Å². The minimum Gasteiger partial charge on any atom is -0.321 e. The van der Waals surface area contributed by atoms with Gasteiger partial charge in [0.2, 0.25) is 0 Å². The average molecular weight is 329 g/mol. The molecule has 4 aromatic rings. The van der Waals surface area contributed by atoms with Crippen LogP contribution in [0, 0.1) is 0 Å². The molecule has 0 aliphatic heterocycles. The summed E-state index contributed by atoms with van der Waals surface area (Å²) < 4.78 is 3.66. The molecule has 6 heteroatoms. The molecule has 122 valence electrons. The number of aromatic nitrogens is 4. The number of carbonyl (C=O) groups is 1. The first-order valence-electron chi connectivity index (χ1n) is 7.79. The fraction of sp³-hybridized carbons (Fsp3) is 0. The van der Waals surface area contributed by atoms with Crippen LogP contribution in [0.25, 0.3) is 11.4 Å². The summed E-state index contributed by atoms with van der Waals surface area (Å²) in [5.41, 5.74) is 3.06. The average Bonchev–Trinajstić information content (AvgIpc) is 3.35. The van der Waals surface area contributed by atoms with Gasteiger partial charge in [0.25, 0.3) is 5.91 Å². The maximum absolute atomic E-state index is 12.6. The van der Waals surface area contributed by atoms with Gasteiger partial charge in [0.1, 0.15) is 5.69 Å². The number of nitrogens with zero attached hydrogens (tertiary/aromatic N) is 4. The van der Waals surface area contributed by atoms with Crippen LogP contribution in [-0.4, -0.2) is 25.0 Å². The van der Waals surface area contributed by atoms with Crippen LogP contribution in [0.3, 0.4) is 0 Å². The minimum absolute atomic E-state index is 0.211. The first-order chi connectivity index (χ1) is 12.3. The number of nitrogens with one attached hydrogen (secondary N) is 1. The van der Waals surface area contributed by atoms with Gasteiger partial charge in [0.15, 0.2) is 0 Å². The van der Waals surface area contributed by atoms with Crippen LogP contribution >= 0.6 is 0 Å². The van der Waals surface area contributed by atoms with Crippen LogP contribution in [0.5, 0.6) is 0 Å². The molecule has 25 heavy (non-hydrogen) atoms. The van der Waals surface area contributed by atoms with Gasteiger partial charge in [-0.15, -0.1) is 0 Å². The molecule has 0 saturated carbocycles. The molecule has 0 aliphatic carbocycles. The third-order valence-corrected chi connectivity index (χ3v) is 3.83. The summed E-state index contributed by atoms with van der Waals surface area (Å²) in [5, 5.41) is 2.90. The Balaban J connectivity index is 1.54. The molecule has 0 saturated heterocycles. The molecular formula is C19H15N5O. The van der Waals surface area contributed by atoms with Crippen molar-refractivity contribution < 1.29 is 4.79 Å². The second-order valence-electron chi connectivity index (χ2n) is 5.46. The number of hydrogen-bond acceptors (Lipinski definition) is 3. The molecule has 0 atom stereocenters. The minimum atomic E-state index is -0.211. The highest BCUT2D eigenvalue weighted by molar-refractivity contribution is 6.03. The van der Waals surface area contributed by atoms with Gasteiger partial charge in [0, 0.05) is 29.5 Å². The summed E-state index contributed by atoms with van der Waals surface area (Å²) >= 11 is 0. The Morgan fingerprint density at radius 1 is 0.880 bits per heavy atom. The zero-order chi connectivity index (χ0) is 17.1. The lowest BCUT2D eigenvalue weighted by Crippen LogP contribution is -2.16. The molecular weight excluding hydrogens is 314 g/mol. The van der Waals surface area contributed by atoms with Crippen molar-refractivity contribution in [3.8, 4) is 11.4 Å². The molecule has 2 aromatic carbocycles. The van der Waals surface area contributed by atoms with E-state index in [-0.39, 0.29) is 5.91 Å². The van der Waals surface area contributed by atoms with Crippen LogP contribution in [0.1, 0.15) is 10.5 Å².